The number of aromatic nitrogens is 2. The fraction of sp³-hybridized carbons (Fsp3) is 0.286. The first kappa shape index (κ1) is 15.0. The Morgan fingerprint density at radius 2 is 2.20 bits per heavy atom. The topological polar surface area (TPSA) is 53.1 Å². The van der Waals surface area contributed by atoms with Gasteiger partial charge in [0, 0.05) is 11.3 Å². The lowest BCUT2D eigenvalue weighted by Crippen LogP contribution is -2.12. The summed E-state index contributed by atoms with van der Waals surface area (Å²) in [5, 5.41) is 4.44. The Morgan fingerprint density at radius 3 is 2.80 bits per heavy atom. The second-order valence-corrected chi connectivity index (χ2v) is 5.68. The Labute approximate surface area is 132 Å². The first-order valence-corrected chi connectivity index (χ1v) is 7.41. The van der Waals surface area contributed by atoms with Gasteiger partial charge in [0.25, 0.3) is 0 Å². The molecule has 4 nitrogen and oxygen atoms in total. The van der Waals surface area contributed by atoms with Gasteiger partial charge in [-0.05, 0) is 41.9 Å². The predicted octanol–water partition coefficient (Wildman–Crippen LogP) is 2.98. The minimum absolute atomic E-state index is 0.373. The Hall–Kier alpha value is -1.40. The van der Waals surface area contributed by atoms with E-state index in [9.17, 15) is 0 Å². The van der Waals surface area contributed by atoms with Crippen molar-refractivity contribution in [2.24, 2.45) is 5.73 Å². The van der Waals surface area contributed by atoms with E-state index in [4.69, 9.17) is 22.7 Å². The highest BCUT2D eigenvalue weighted by molar-refractivity contribution is 9.10. The Bertz CT molecular complexity index is 639. The summed E-state index contributed by atoms with van der Waals surface area (Å²) < 4.78 is 8.69. The molecule has 0 bridgehead atoms. The zero-order valence-corrected chi connectivity index (χ0v) is 13.8. The lowest BCUT2D eigenvalue weighted by Gasteiger charge is -2.09. The maximum absolute atomic E-state index is 5.71. The molecular formula is C14H16BrN3OS. The molecule has 0 aliphatic rings. The van der Waals surface area contributed by atoms with Gasteiger partial charge in [-0.2, -0.15) is 5.10 Å². The molecule has 0 saturated carbocycles. The van der Waals surface area contributed by atoms with Crippen LogP contribution in [0.5, 0.6) is 5.75 Å². The molecule has 0 unspecified atom stereocenters. The second kappa shape index (κ2) is 6.37. The molecule has 20 heavy (non-hydrogen) atoms. The van der Waals surface area contributed by atoms with Crippen molar-refractivity contribution >= 4 is 33.1 Å². The number of ether oxygens (including phenoxy) is 1. The molecule has 0 saturated heterocycles. The van der Waals surface area contributed by atoms with E-state index < -0.39 is 0 Å². The van der Waals surface area contributed by atoms with Crippen LogP contribution in [0, 0.1) is 13.8 Å². The maximum atomic E-state index is 5.71. The van der Waals surface area contributed by atoms with Gasteiger partial charge in [-0.3, -0.25) is 4.68 Å². The van der Waals surface area contributed by atoms with E-state index in [1.165, 1.54) is 0 Å². The van der Waals surface area contributed by atoms with Crippen molar-refractivity contribution in [2.75, 3.05) is 6.61 Å². The third-order valence-corrected chi connectivity index (χ3v) is 4.37. The number of nitrogens with two attached hydrogens (primary N) is 1. The van der Waals surface area contributed by atoms with Gasteiger partial charge in [-0.15, -0.1) is 0 Å². The van der Waals surface area contributed by atoms with Crippen LogP contribution in [0.2, 0.25) is 0 Å². The van der Waals surface area contributed by atoms with Gasteiger partial charge in [-0.25, -0.2) is 0 Å². The number of hydrogen-bond donors (Lipinski definition) is 1. The molecule has 2 rings (SSSR count). The van der Waals surface area contributed by atoms with Crippen LogP contribution in [-0.4, -0.2) is 21.4 Å². The third-order valence-electron chi connectivity index (χ3n) is 2.98. The van der Waals surface area contributed by atoms with Crippen LogP contribution in [0.1, 0.15) is 17.0 Å². The number of benzene rings is 1. The zero-order chi connectivity index (χ0) is 14.7. The molecule has 0 spiro atoms. The molecule has 1 aromatic carbocycles. The van der Waals surface area contributed by atoms with Crippen LogP contribution in [-0.2, 0) is 6.54 Å². The van der Waals surface area contributed by atoms with Gasteiger partial charge in [0.05, 0.1) is 16.7 Å². The first-order valence-electron chi connectivity index (χ1n) is 6.21. The van der Waals surface area contributed by atoms with Gasteiger partial charge < -0.3 is 10.5 Å². The van der Waals surface area contributed by atoms with Crippen molar-refractivity contribution in [1.82, 2.24) is 9.78 Å². The number of hydrogen-bond acceptors (Lipinski definition) is 3. The van der Waals surface area contributed by atoms with E-state index in [2.05, 4.69) is 21.0 Å². The summed E-state index contributed by atoms with van der Waals surface area (Å²) in [6, 6.07) is 7.48. The molecule has 0 amide bonds. The standard InChI is InChI=1S/C14H16BrN3OS/c1-9-13(15)10(2)18(17-9)6-7-19-12-5-3-4-11(8-12)14(16)20/h3-5,8H,6-7H2,1-2H3,(H2,16,20). The van der Waals surface area contributed by atoms with Crippen molar-refractivity contribution in [3.63, 3.8) is 0 Å². The van der Waals surface area contributed by atoms with Gasteiger partial charge >= 0.3 is 0 Å². The summed E-state index contributed by atoms with van der Waals surface area (Å²) in [4.78, 5) is 0.373. The van der Waals surface area contributed by atoms with Gasteiger partial charge in [0.15, 0.2) is 0 Å². The summed E-state index contributed by atoms with van der Waals surface area (Å²) in [5.74, 6) is 0.760. The largest absolute Gasteiger partial charge is 0.492 e. The minimum atomic E-state index is 0.373. The highest BCUT2D eigenvalue weighted by atomic mass is 79.9. The van der Waals surface area contributed by atoms with E-state index in [-0.39, 0.29) is 0 Å². The molecule has 1 aromatic heterocycles. The monoisotopic (exact) mass is 353 g/mol. The molecule has 2 aromatic rings. The minimum Gasteiger partial charge on any atom is -0.492 e. The molecule has 0 aliphatic carbocycles. The highest BCUT2D eigenvalue weighted by Crippen LogP contribution is 2.19. The van der Waals surface area contributed by atoms with Gasteiger partial charge in [0.1, 0.15) is 17.3 Å². The average molecular weight is 354 g/mol. The van der Waals surface area contributed by atoms with Crippen LogP contribution in [0.3, 0.4) is 0 Å². The second-order valence-electron chi connectivity index (χ2n) is 4.45. The van der Waals surface area contributed by atoms with Crippen LogP contribution in [0.4, 0.5) is 0 Å². The summed E-state index contributed by atoms with van der Waals surface area (Å²) in [6.45, 7) is 5.22. The van der Waals surface area contributed by atoms with Crippen LogP contribution in [0.15, 0.2) is 28.7 Å². The molecule has 0 radical (unpaired) electrons. The Kier molecular flexibility index (Phi) is 4.77. The van der Waals surface area contributed by atoms with Crippen molar-refractivity contribution < 1.29 is 4.74 Å². The number of aryl methyl sites for hydroxylation is 1. The van der Waals surface area contributed by atoms with Crippen molar-refractivity contribution in [1.29, 1.82) is 0 Å². The fourth-order valence-electron chi connectivity index (χ4n) is 1.88. The summed E-state index contributed by atoms with van der Waals surface area (Å²) >= 11 is 8.46. The Balaban J connectivity index is 1.97. The molecule has 0 fully saturated rings. The smallest absolute Gasteiger partial charge is 0.120 e. The summed E-state index contributed by atoms with van der Waals surface area (Å²) in [6.07, 6.45) is 0. The first-order chi connectivity index (χ1) is 9.49. The molecule has 106 valence electrons. The van der Waals surface area contributed by atoms with E-state index >= 15 is 0 Å². The normalized spacial score (nSPS) is 10.6. The number of nitrogens with zero attached hydrogens (tertiary/aromatic N) is 2. The SMILES string of the molecule is Cc1nn(CCOc2cccc(C(N)=S)c2)c(C)c1Br. The zero-order valence-electron chi connectivity index (χ0n) is 11.4. The predicted molar refractivity (Wildman–Crippen MR) is 87.2 cm³/mol. The third kappa shape index (κ3) is 3.37. The lowest BCUT2D eigenvalue weighted by molar-refractivity contribution is 0.289. The van der Waals surface area contributed by atoms with Crippen LogP contribution >= 0.6 is 28.1 Å². The highest BCUT2D eigenvalue weighted by Gasteiger charge is 2.08. The summed E-state index contributed by atoms with van der Waals surface area (Å²) in [7, 11) is 0. The quantitative estimate of drug-likeness (QED) is 0.839. The number of rotatable bonds is 5. The van der Waals surface area contributed by atoms with Crippen LogP contribution < -0.4 is 10.5 Å². The lowest BCUT2D eigenvalue weighted by atomic mass is 10.2. The molecular weight excluding hydrogens is 338 g/mol. The van der Waals surface area contributed by atoms with E-state index in [0.717, 1.165) is 27.2 Å². The number of thiocarbonyl (C=S) groups is 1. The van der Waals surface area contributed by atoms with Crippen molar-refractivity contribution in [3.05, 3.63) is 45.7 Å². The average Bonchev–Trinajstić information content (AvgIpc) is 2.67. The molecule has 1 heterocycles. The van der Waals surface area contributed by atoms with Gasteiger partial charge in [0.2, 0.25) is 0 Å². The molecule has 0 atom stereocenters. The summed E-state index contributed by atoms with van der Waals surface area (Å²) in [5.41, 5.74) is 8.49. The van der Waals surface area contributed by atoms with Crippen LogP contribution in [0.25, 0.3) is 0 Å². The van der Waals surface area contributed by atoms with Crippen molar-refractivity contribution in [2.45, 2.75) is 20.4 Å². The van der Waals surface area contributed by atoms with Crippen molar-refractivity contribution in [3.8, 4) is 5.75 Å². The van der Waals surface area contributed by atoms with E-state index in [1.54, 1.807) is 0 Å². The Morgan fingerprint density at radius 1 is 1.45 bits per heavy atom. The van der Waals surface area contributed by atoms with E-state index in [1.807, 2.05) is 42.8 Å². The molecule has 6 heteroatoms. The van der Waals surface area contributed by atoms with Gasteiger partial charge in [-0.1, -0.05) is 24.4 Å². The number of halogens is 1. The maximum Gasteiger partial charge on any atom is 0.120 e. The fourth-order valence-corrected chi connectivity index (χ4v) is 2.29. The van der Waals surface area contributed by atoms with E-state index in [0.29, 0.717) is 18.1 Å². The molecule has 0 aliphatic heterocycles. The molecule has 2 N–H and O–H groups in total.